The number of rotatable bonds is 2. The van der Waals surface area contributed by atoms with Crippen LogP contribution in [-0.2, 0) is 4.79 Å². The van der Waals surface area contributed by atoms with Gasteiger partial charge in [-0.2, -0.15) is 0 Å². The van der Waals surface area contributed by atoms with Crippen molar-refractivity contribution in [1.29, 1.82) is 0 Å². The lowest BCUT2D eigenvalue weighted by Gasteiger charge is -2.25. The van der Waals surface area contributed by atoms with Gasteiger partial charge in [-0.15, -0.1) is 0 Å². The van der Waals surface area contributed by atoms with Crippen LogP contribution < -0.4 is 4.90 Å². The molecule has 0 N–H and O–H groups in total. The summed E-state index contributed by atoms with van der Waals surface area (Å²) < 4.78 is 0. The average molecular weight is 384 g/mol. The molecule has 1 aromatic heterocycles. The number of amides is 1. The average Bonchev–Trinajstić information content (AvgIpc) is 2.64. The Labute approximate surface area is 161 Å². The minimum absolute atomic E-state index is 0.285. The third-order valence-corrected chi connectivity index (χ3v) is 4.13. The largest absolute Gasteiger partial charge is 0.268 e. The fourth-order valence-electron chi connectivity index (χ4n) is 2.39. The van der Waals surface area contributed by atoms with Gasteiger partial charge in [0.05, 0.1) is 12.2 Å². The normalized spacial score (nSPS) is 19.6. The van der Waals surface area contributed by atoms with E-state index >= 15 is 0 Å². The smallest absolute Gasteiger partial charge is 0.263 e. The van der Waals surface area contributed by atoms with Crippen LogP contribution in [0.4, 0.5) is 5.69 Å². The second kappa shape index (κ2) is 8.13. The first-order chi connectivity index (χ1) is 12.6. The van der Waals surface area contributed by atoms with Crippen LogP contribution in [0.1, 0.15) is 5.56 Å². The van der Waals surface area contributed by atoms with Gasteiger partial charge in [-0.25, -0.2) is 4.98 Å². The fourth-order valence-corrected chi connectivity index (χ4v) is 2.63. The van der Waals surface area contributed by atoms with Crippen LogP contribution in [0, 0.1) is 0 Å². The van der Waals surface area contributed by atoms with Gasteiger partial charge in [0, 0.05) is 22.4 Å². The van der Waals surface area contributed by atoms with Crippen molar-refractivity contribution in [3.8, 4) is 0 Å². The zero-order chi connectivity index (χ0) is 18.5. The molecule has 0 unspecified atom stereocenters. The van der Waals surface area contributed by atoms with Gasteiger partial charge in [0.25, 0.3) is 5.91 Å². The number of pyridine rings is 1. The Hall–Kier alpha value is -2.69. The quantitative estimate of drug-likeness (QED) is 0.549. The second-order valence-corrected chi connectivity index (χ2v) is 6.29. The summed E-state index contributed by atoms with van der Waals surface area (Å²) in [5, 5.41) is 0.946. The first-order valence-electron chi connectivity index (χ1n) is 7.85. The van der Waals surface area contributed by atoms with Gasteiger partial charge in [-0.1, -0.05) is 54.1 Å². The molecule has 0 bridgehead atoms. The number of halogens is 2. The summed E-state index contributed by atoms with van der Waals surface area (Å²) in [5.74, 6) is 0.176. The van der Waals surface area contributed by atoms with Crippen LogP contribution in [0.2, 0.25) is 10.2 Å². The lowest BCUT2D eigenvalue weighted by Crippen LogP contribution is -2.38. The molecule has 0 radical (unpaired) electrons. The van der Waals surface area contributed by atoms with E-state index in [0.717, 1.165) is 0 Å². The van der Waals surface area contributed by atoms with E-state index in [1.165, 1.54) is 4.90 Å². The second-order valence-electron chi connectivity index (χ2n) is 5.46. The van der Waals surface area contributed by atoms with E-state index in [9.17, 15) is 4.79 Å². The van der Waals surface area contributed by atoms with Crippen LogP contribution in [-0.4, -0.2) is 23.3 Å². The first kappa shape index (κ1) is 18.1. The predicted octanol–water partition coefficient (Wildman–Crippen LogP) is 4.85. The molecule has 1 amide bonds. The number of anilines is 1. The van der Waals surface area contributed by atoms with Gasteiger partial charge < -0.3 is 0 Å². The number of hydrogen-bond acceptors (Lipinski definition) is 3. The number of hydrogen-bond donors (Lipinski definition) is 0. The van der Waals surface area contributed by atoms with E-state index in [0.29, 0.717) is 39.4 Å². The van der Waals surface area contributed by atoms with Crippen molar-refractivity contribution in [3.63, 3.8) is 0 Å². The van der Waals surface area contributed by atoms with Gasteiger partial charge in [-0.05, 0) is 36.4 Å². The summed E-state index contributed by atoms with van der Waals surface area (Å²) >= 11 is 11.9. The van der Waals surface area contributed by atoms with E-state index < -0.39 is 0 Å². The predicted molar refractivity (Wildman–Crippen MR) is 107 cm³/mol. The highest BCUT2D eigenvalue weighted by Gasteiger charge is 2.24. The molecule has 0 spiro atoms. The minimum Gasteiger partial charge on any atom is -0.268 e. The van der Waals surface area contributed by atoms with Crippen molar-refractivity contribution in [2.45, 2.75) is 0 Å². The maximum absolute atomic E-state index is 13.1. The number of aromatic nitrogens is 1. The molecule has 0 fully saturated rings. The highest BCUT2D eigenvalue weighted by Crippen LogP contribution is 2.23. The Morgan fingerprint density at radius 2 is 1.81 bits per heavy atom. The number of allylic oxidation sites excluding steroid dienone is 2. The molecule has 0 saturated carbocycles. The highest BCUT2D eigenvalue weighted by molar-refractivity contribution is 6.31. The van der Waals surface area contributed by atoms with Gasteiger partial charge in [0.15, 0.2) is 0 Å². The van der Waals surface area contributed by atoms with Crippen molar-refractivity contribution in [3.05, 3.63) is 94.8 Å². The first-order valence-corrected chi connectivity index (χ1v) is 8.60. The van der Waals surface area contributed by atoms with E-state index in [1.807, 2.05) is 12.2 Å². The number of nitrogens with zero attached hydrogens (tertiary/aromatic N) is 3. The van der Waals surface area contributed by atoms with Crippen molar-refractivity contribution in [2.75, 3.05) is 11.4 Å². The lowest BCUT2D eigenvalue weighted by molar-refractivity contribution is -0.113. The Kier molecular flexibility index (Phi) is 5.66. The van der Waals surface area contributed by atoms with E-state index in [1.54, 1.807) is 54.7 Å². The zero-order valence-electron chi connectivity index (χ0n) is 13.8. The Morgan fingerprint density at radius 1 is 1.04 bits per heavy atom. The third kappa shape index (κ3) is 4.10. The number of carbonyl (C=O) groups excluding carboxylic acids is 1. The van der Waals surface area contributed by atoms with Crippen molar-refractivity contribution < 1.29 is 4.79 Å². The summed E-state index contributed by atoms with van der Waals surface area (Å²) in [7, 11) is 0. The fraction of sp³-hybridized carbons (Fsp3) is 0.0500. The van der Waals surface area contributed by atoms with Crippen LogP contribution in [0.5, 0.6) is 0 Å². The van der Waals surface area contributed by atoms with E-state index in [2.05, 4.69) is 16.6 Å². The Bertz CT molecular complexity index is 913. The zero-order valence-corrected chi connectivity index (χ0v) is 15.3. The van der Waals surface area contributed by atoms with Crippen LogP contribution in [0.25, 0.3) is 0 Å². The molecule has 0 saturated heterocycles. The Morgan fingerprint density at radius 3 is 2.50 bits per heavy atom. The molecule has 0 aliphatic carbocycles. The van der Waals surface area contributed by atoms with Crippen LogP contribution in [0.15, 0.2) is 84.0 Å². The topological polar surface area (TPSA) is 45.6 Å². The summed E-state index contributed by atoms with van der Waals surface area (Å²) in [6, 6.07) is 10.4. The van der Waals surface area contributed by atoms with E-state index in [-0.39, 0.29) is 5.91 Å². The maximum Gasteiger partial charge on any atom is 0.263 e. The van der Waals surface area contributed by atoms with E-state index in [4.69, 9.17) is 23.2 Å². The number of aliphatic imine (C=N–C) groups is 1. The molecule has 2 aromatic rings. The van der Waals surface area contributed by atoms with Crippen molar-refractivity contribution in [2.24, 2.45) is 4.99 Å². The minimum atomic E-state index is -0.285. The molecule has 4 nitrogen and oxygen atoms in total. The monoisotopic (exact) mass is 383 g/mol. The Balaban J connectivity index is 2.17. The SMILES string of the molecule is C=C1/C=C\C=C/C/N=C(/c2ccc(Cl)nc2)N(c2ccc(Cl)cc2)C1=O. The van der Waals surface area contributed by atoms with Crippen LogP contribution >= 0.6 is 23.2 Å². The summed E-state index contributed by atoms with van der Waals surface area (Å²) in [6.07, 6.45) is 8.75. The molecule has 2 heterocycles. The maximum atomic E-state index is 13.1. The molecule has 1 aliphatic rings. The summed E-state index contributed by atoms with van der Waals surface area (Å²) in [6.45, 7) is 4.28. The van der Waals surface area contributed by atoms with Gasteiger partial charge in [0.2, 0.25) is 0 Å². The molecule has 26 heavy (non-hydrogen) atoms. The summed E-state index contributed by atoms with van der Waals surface area (Å²) in [5.41, 5.74) is 1.64. The van der Waals surface area contributed by atoms with Crippen molar-refractivity contribution >= 4 is 40.6 Å². The van der Waals surface area contributed by atoms with Crippen molar-refractivity contribution in [1.82, 2.24) is 4.98 Å². The number of carbonyl (C=O) groups is 1. The van der Waals surface area contributed by atoms with Gasteiger partial charge in [-0.3, -0.25) is 14.7 Å². The highest BCUT2D eigenvalue weighted by atomic mass is 35.5. The summed E-state index contributed by atoms with van der Waals surface area (Å²) in [4.78, 5) is 23.3. The molecule has 130 valence electrons. The standard InChI is InChI=1S/C20H15Cl2N3O/c1-14-5-3-2-4-12-23-19(15-6-11-18(22)24-13-15)25(20(14)26)17-9-7-16(21)8-10-17/h2-11,13H,1,12H2/b4-2-,5-3-,23-19-. The number of benzene rings is 1. The molecule has 1 aliphatic heterocycles. The van der Waals surface area contributed by atoms with Gasteiger partial charge in [0.1, 0.15) is 11.0 Å². The lowest BCUT2D eigenvalue weighted by atomic mass is 10.1. The molecular formula is C20H15Cl2N3O. The molecule has 0 atom stereocenters. The van der Waals surface area contributed by atoms with Crippen LogP contribution in [0.3, 0.4) is 0 Å². The van der Waals surface area contributed by atoms with Gasteiger partial charge >= 0.3 is 0 Å². The molecule has 3 rings (SSSR count). The molecular weight excluding hydrogens is 369 g/mol. The molecule has 1 aromatic carbocycles. The third-order valence-electron chi connectivity index (χ3n) is 3.65. The number of amidine groups is 1. The molecule has 6 heteroatoms.